The van der Waals surface area contributed by atoms with Crippen LogP contribution >= 0.6 is 0 Å². The van der Waals surface area contributed by atoms with Gasteiger partial charge in [-0.25, -0.2) is 13.4 Å². The number of sulfone groups is 1. The third-order valence-corrected chi connectivity index (χ3v) is 3.57. The van der Waals surface area contributed by atoms with Gasteiger partial charge >= 0.3 is 0 Å². The molecule has 0 aromatic carbocycles. The maximum Gasteiger partial charge on any atom is 0.243 e. The summed E-state index contributed by atoms with van der Waals surface area (Å²) in [7, 11) is 0.341. The van der Waals surface area contributed by atoms with Crippen molar-refractivity contribution in [2.75, 3.05) is 39.2 Å². The summed E-state index contributed by atoms with van der Waals surface area (Å²) in [5.41, 5.74) is 0. The molecule has 2 N–H and O–H groups in total. The first-order valence-electron chi connectivity index (χ1n) is 6.69. The summed E-state index contributed by atoms with van der Waals surface area (Å²) < 4.78 is 22.3. The summed E-state index contributed by atoms with van der Waals surface area (Å²) in [5.74, 6) is 0.455. The molecule has 1 atom stereocenters. The van der Waals surface area contributed by atoms with Crippen LogP contribution in [0.4, 0.5) is 0 Å². The maximum absolute atomic E-state index is 11.5. The predicted molar refractivity (Wildman–Crippen MR) is 86.1 cm³/mol. The number of carbonyl (C=O) groups is 1. The lowest BCUT2D eigenvalue weighted by atomic mass is 10.3. The van der Waals surface area contributed by atoms with Gasteiger partial charge in [0.05, 0.1) is 5.75 Å². The van der Waals surface area contributed by atoms with E-state index in [1.54, 1.807) is 20.2 Å². The molecule has 7 nitrogen and oxygen atoms in total. The van der Waals surface area contributed by atoms with Crippen LogP contribution in [0.3, 0.4) is 0 Å². The van der Waals surface area contributed by atoms with Gasteiger partial charge in [0.15, 0.2) is 5.96 Å². The van der Waals surface area contributed by atoms with Crippen molar-refractivity contribution < 1.29 is 13.2 Å². The average Bonchev–Trinajstić information content (AvgIpc) is 2.38. The highest BCUT2D eigenvalue weighted by atomic mass is 32.2. The van der Waals surface area contributed by atoms with Crippen LogP contribution in [0.2, 0.25) is 0 Å². The van der Waals surface area contributed by atoms with E-state index in [0.717, 1.165) is 0 Å². The van der Waals surface area contributed by atoms with Gasteiger partial charge in [-0.05, 0) is 13.3 Å². The first-order valence-corrected chi connectivity index (χ1v) is 8.75. The van der Waals surface area contributed by atoms with Crippen LogP contribution < -0.4 is 10.6 Å². The van der Waals surface area contributed by atoms with Crippen LogP contribution in [0.15, 0.2) is 17.6 Å². The molecule has 21 heavy (non-hydrogen) atoms. The first-order chi connectivity index (χ1) is 9.65. The highest BCUT2D eigenvalue weighted by Crippen LogP contribution is 1.95. The van der Waals surface area contributed by atoms with E-state index in [9.17, 15) is 13.2 Å². The van der Waals surface area contributed by atoms with Gasteiger partial charge in [-0.3, -0.25) is 4.79 Å². The molecule has 1 unspecified atom stereocenters. The molecule has 0 radical (unpaired) electrons. The summed E-state index contributed by atoms with van der Waals surface area (Å²) in [6.07, 6.45) is 3.35. The van der Waals surface area contributed by atoms with E-state index in [1.807, 2.05) is 6.92 Å². The zero-order valence-corrected chi connectivity index (χ0v) is 14.0. The summed E-state index contributed by atoms with van der Waals surface area (Å²) in [6, 6.07) is -0.0785. The molecule has 0 aromatic rings. The number of nitrogens with one attached hydrogen (secondary N) is 2. The quantitative estimate of drug-likeness (QED) is 0.362. The van der Waals surface area contributed by atoms with Crippen molar-refractivity contribution in [1.29, 1.82) is 0 Å². The molecule has 0 saturated carbocycles. The summed E-state index contributed by atoms with van der Waals surface area (Å²) in [6.45, 7) is 6.00. The highest BCUT2D eigenvalue weighted by molar-refractivity contribution is 7.90. The zero-order valence-electron chi connectivity index (χ0n) is 13.2. The first kappa shape index (κ1) is 19.4. The van der Waals surface area contributed by atoms with Crippen molar-refractivity contribution >= 4 is 21.7 Å². The van der Waals surface area contributed by atoms with Crippen molar-refractivity contribution in [3.05, 3.63) is 12.7 Å². The molecular weight excluding hydrogens is 292 g/mol. The molecule has 0 spiro atoms. The third-order valence-electron chi connectivity index (χ3n) is 2.59. The minimum Gasteiger partial charge on any atom is -0.354 e. The van der Waals surface area contributed by atoms with E-state index in [2.05, 4.69) is 22.2 Å². The molecule has 0 aliphatic rings. The van der Waals surface area contributed by atoms with Gasteiger partial charge in [-0.15, -0.1) is 6.58 Å². The number of aliphatic imine (C=N–C) groups is 1. The summed E-state index contributed by atoms with van der Waals surface area (Å²) in [5, 5.41) is 6.07. The molecule has 0 bridgehead atoms. The van der Waals surface area contributed by atoms with Crippen LogP contribution in [0.5, 0.6) is 0 Å². The predicted octanol–water partition coefficient (Wildman–Crippen LogP) is -0.381. The largest absolute Gasteiger partial charge is 0.354 e. The molecule has 0 saturated heterocycles. The number of hydrogen-bond acceptors (Lipinski definition) is 4. The second-order valence-corrected chi connectivity index (χ2v) is 7.35. The minimum absolute atomic E-state index is 0.0261. The molecular formula is C13H26N4O3S. The number of hydrogen-bond donors (Lipinski definition) is 2. The molecule has 0 aliphatic heterocycles. The van der Waals surface area contributed by atoms with Gasteiger partial charge in [-0.2, -0.15) is 0 Å². The van der Waals surface area contributed by atoms with E-state index >= 15 is 0 Å². The molecule has 0 rings (SSSR count). The number of rotatable bonds is 8. The van der Waals surface area contributed by atoms with Crippen LogP contribution in [0.25, 0.3) is 0 Å². The number of carbonyl (C=O) groups excluding carboxylic acids is 1. The fourth-order valence-corrected chi connectivity index (χ4v) is 2.09. The minimum atomic E-state index is -2.99. The molecule has 0 heterocycles. The van der Waals surface area contributed by atoms with E-state index in [4.69, 9.17) is 0 Å². The van der Waals surface area contributed by atoms with Crippen molar-refractivity contribution in [3.8, 4) is 0 Å². The molecule has 0 fully saturated rings. The Balaban J connectivity index is 4.56. The number of guanidine groups is 1. The van der Waals surface area contributed by atoms with E-state index in [1.165, 1.54) is 11.2 Å². The highest BCUT2D eigenvalue weighted by Gasteiger charge is 2.10. The Labute approximate surface area is 127 Å². The summed E-state index contributed by atoms with van der Waals surface area (Å²) in [4.78, 5) is 17.2. The van der Waals surface area contributed by atoms with Crippen molar-refractivity contribution in [2.45, 2.75) is 19.4 Å². The smallest absolute Gasteiger partial charge is 0.243 e. The topological polar surface area (TPSA) is 90.9 Å². The Morgan fingerprint density at radius 2 is 2.05 bits per heavy atom. The Kier molecular flexibility index (Phi) is 8.68. The van der Waals surface area contributed by atoms with E-state index in [0.29, 0.717) is 18.9 Å². The van der Waals surface area contributed by atoms with E-state index in [-0.39, 0.29) is 24.2 Å². The lowest BCUT2D eigenvalue weighted by molar-refractivity contribution is -0.127. The monoisotopic (exact) mass is 318 g/mol. The van der Waals surface area contributed by atoms with Gasteiger partial charge < -0.3 is 15.5 Å². The normalized spacial score (nSPS) is 13.4. The summed E-state index contributed by atoms with van der Waals surface area (Å²) >= 11 is 0. The van der Waals surface area contributed by atoms with Crippen molar-refractivity contribution in [3.63, 3.8) is 0 Å². The number of likely N-dealkylation sites (N-methyl/N-ethyl adjacent to an activating group) is 1. The molecule has 0 aliphatic carbocycles. The van der Waals surface area contributed by atoms with Gasteiger partial charge in [0.2, 0.25) is 5.91 Å². The van der Waals surface area contributed by atoms with Crippen molar-refractivity contribution in [2.24, 2.45) is 4.99 Å². The Morgan fingerprint density at radius 1 is 1.43 bits per heavy atom. The van der Waals surface area contributed by atoms with Gasteiger partial charge in [-0.1, -0.05) is 6.08 Å². The standard InChI is InChI=1S/C13H26N4O3S/c1-6-8-14-13(15-10-12(18)17(3)4)16-11(2)7-9-21(5,19)20/h6,11H,1,7-10H2,2-5H3,(H2,14,15,16). The number of nitrogens with zero attached hydrogens (tertiary/aromatic N) is 2. The third kappa shape index (κ3) is 10.8. The van der Waals surface area contributed by atoms with Crippen LogP contribution in [-0.2, 0) is 14.6 Å². The number of amides is 1. The molecule has 1 amide bonds. The Bertz CT molecular complexity index is 472. The van der Waals surface area contributed by atoms with Gasteiger partial charge in [0, 0.05) is 32.9 Å². The van der Waals surface area contributed by atoms with E-state index < -0.39 is 9.84 Å². The second kappa shape index (κ2) is 9.38. The van der Waals surface area contributed by atoms with Crippen molar-refractivity contribution in [1.82, 2.24) is 15.5 Å². The van der Waals surface area contributed by atoms with Gasteiger partial charge in [0.1, 0.15) is 16.4 Å². The lowest BCUT2D eigenvalue weighted by Gasteiger charge is -2.18. The molecule has 122 valence electrons. The Morgan fingerprint density at radius 3 is 2.52 bits per heavy atom. The van der Waals surface area contributed by atoms with Gasteiger partial charge in [0.25, 0.3) is 0 Å². The SMILES string of the molecule is C=CCNC(=NCC(=O)N(C)C)NC(C)CCS(C)(=O)=O. The average molecular weight is 318 g/mol. The molecule has 0 aromatic heterocycles. The van der Waals surface area contributed by atoms with Crippen LogP contribution in [0.1, 0.15) is 13.3 Å². The lowest BCUT2D eigenvalue weighted by Crippen LogP contribution is -2.43. The second-order valence-electron chi connectivity index (χ2n) is 5.09. The Hall–Kier alpha value is -1.57. The van der Waals surface area contributed by atoms with Crippen LogP contribution in [-0.4, -0.2) is 70.4 Å². The maximum atomic E-state index is 11.5. The fraction of sp³-hybridized carbons (Fsp3) is 0.692. The molecule has 8 heteroatoms. The fourth-order valence-electron chi connectivity index (χ4n) is 1.31. The zero-order chi connectivity index (χ0) is 16.5. The van der Waals surface area contributed by atoms with Crippen LogP contribution in [0, 0.1) is 0 Å².